The van der Waals surface area contributed by atoms with Gasteiger partial charge in [-0.25, -0.2) is 0 Å². The zero-order valence-electron chi connectivity index (χ0n) is 40.4. The Labute approximate surface area is 393 Å². The van der Waals surface area contributed by atoms with Crippen molar-refractivity contribution in [3.05, 3.63) is 11.6 Å². The third-order valence-corrected chi connectivity index (χ3v) is 20.1. The lowest BCUT2D eigenvalue weighted by molar-refractivity contribution is -0.370. The Hall–Kier alpha value is -0.980. The lowest BCUT2D eigenvalue weighted by atomic mass is 9.41. The largest absolute Gasteiger partial charge is 0.396 e. The molecule has 9 aliphatic rings. The van der Waals surface area contributed by atoms with Gasteiger partial charge in [0, 0.05) is 18.4 Å². The number of ether oxygens (including phenoxy) is 8. The summed E-state index contributed by atoms with van der Waals surface area (Å²) in [6, 6.07) is 0. The van der Waals surface area contributed by atoms with E-state index in [1.165, 1.54) is 13.8 Å². The quantitative estimate of drug-likeness (QED) is 0.100. The first-order valence-electron chi connectivity index (χ1n) is 25.0. The van der Waals surface area contributed by atoms with Crippen LogP contribution in [0.4, 0.5) is 0 Å². The molecule has 0 unspecified atom stereocenters. The summed E-state index contributed by atoms with van der Waals surface area (Å²) in [5, 5.41) is 110. The fourth-order valence-corrected chi connectivity index (χ4v) is 16.2. The minimum absolute atomic E-state index is 0.00985. The Kier molecular flexibility index (Phi) is 13.8. The second kappa shape index (κ2) is 18.2. The molecule has 0 radical (unpaired) electrons. The lowest BCUT2D eigenvalue weighted by Crippen LogP contribution is -2.64. The lowest BCUT2D eigenvalue weighted by Gasteiger charge is -2.64. The molecule has 0 amide bonds. The molecule has 2 spiro atoms. The van der Waals surface area contributed by atoms with Crippen LogP contribution in [0.3, 0.4) is 0 Å². The fraction of sp³-hybridized carbons (Fsp3) is 0.959. The zero-order chi connectivity index (χ0) is 48.5. The SMILES string of the molecule is CO[C@@H]1O[C@@H](C=C(C)C)[C@@H](O)[C@H]1[C@@H]1CC[C@]2(C)[C@@H]3CC[C@@H]4[C@](C)(CO)[C@@H](O[C@@H]5O[C@H](CO[C@@H]6O[C@@H](C)[C@H](O)[C@H](O)[C@@H]6O[C@H]6O[C@H](C)[C@H](O)[C@@H](O)[C@@H]6O)[C@@H](O)[C@H](O)[C@H]5O)CC[C@@]45C[C@@]35CC[C@]12C. The van der Waals surface area contributed by atoms with Gasteiger partial charge in [0.1, 0.15) is 67.1 Å². The van der Waals surface area contributed by atoms with E-state index in [0.29, 0.717) is 12.3 Å². The van der Waals surface area contributed by atoms with Gasteiger partial charge in [0.15, 0.2) is 25.2 Å². The van der Waals surface area contributed by atoms with Crippen molar-refractivity contribution in [3.63, 3.8) is 0 Å². The number of rotatable bonds is 11. The number of hydrogen-bond acceptors (Lipinski definition) is 18. The van der Waals surface area contributed by atoms with E-state index >= 15 is 0 Å². The highest BCUT2D eigenvalue weighted by molar-refractivity contribution is 5.31. The summed E-state index contributed by atoms with van der Waals surface area (Å²) < 4.78 is 48.4. The van der Waals surface area contributed by atoms with Crippen molar-refractivity contribution in [1.82, 2.24) is 0 Å². The molecule has 0 aromatic carbocycles. The van der Waals surface area contributed by atoms with E-state index in [-0.39, 0.29) is 46.0 Å². The number of methoxy groups -OCH3 is 1. The van der Waals surface area contributed by atoms with Crippen molar-refractivity contribution in [1.29, 1.82) is 0 Å². The maximum absolute atomic E-state index is 11.8. The van der Waals surface area contributed by atoms with E-state index in [1.807, 2.05) is 19.9 Å². The van der Waals surface area contributed by atoms with Gasteiger partial charge in [-0.15, -0.1) is 0 Å². The van der Waals surface area contributed by atoms with E-state index in [2.05, 4.69) is 20.8 Å². The molecule has 384 valence electrons. The molecule has 10 N–H and O–H groups in total. The van der Waals surface area contributed by atoms with Gasteiger partial charge in [0.25, 0.3) is 0 Å². The normalized spacial score (nSPS) is 58.3. The number of aliphatic hydroxyl groups excluding tert-OH is 10. The van der Waals surface area contributed by atoms with Gasteiger partial charge >= 0.3 is 0 Å². The number of fused-ring (bicyclic) bond motifs is 2. The zero-order valence-corrected chi connectivity index (χ0v) is 40.4. The van der Waals surface area contributed by atoms with Crippen molar-refractivity contribution in [2.24, 2.45) is 50.7 Å². The summed E-state index contributed by atoms with van der Waals surface area (Å²) in [5.74, 6) is 0.706. The topological polar surface area (TPSA) is 276 Å². The highest BCUT2D eigenvalue weighted by Crippen LogP contribution is 2.89. The van der Waals surface area contributed by atoms with Gasteiger partial charge in [-0.3, -0.25) is 0 Å². The molecule has 0 bridgehead atoms. The second-order valence-electron chi connectivity index (χ2n) is 23.3. The highest BCUT2D eigenvalue weighted by atomic mass is 16.8. The molecular formula is C49H80O18. The summed E-state index contributed by atoms with van der Waals surface area (Å²) >= 11 is 0. The summed E-state index contributed by atoms with van der Waals surface area (Å²) in [4.78, 5) is 0. The molecular weight excluding hydrogens is 877 g/mol. The second-order valence-corrected chi connectivity index (χ2v) is 23.3. The monoisotopic (exact) mass is 957 g/mol. The number of aliphatic hydroxyl groups is 10. The summed E-state index contributed by atoms with van der Waals surface area (Å²) in [5.41, 5.74) is 0.512. The van der Waals surface area contributed by atoms with Gasteiger partial charge in [0.05, 0.1) is 37.6 Å². The van der Waals surface area contributed by atoms with Gasteiger partial charge in [-0.1, -0.05) is 32.4 Å². The van der Waals surface area contributed by atoms with Crippen LogP contribution in [0.1, 0.15) is 106 Å². The average Bonchev–Trinajstić information content (AvgIpc) is 3.76. The molecule has 5 aliphatic carbocycles. The Morgan fingerprint density at radius 2 is 1.21 bits per heavy atom. The molecule has 18 nitrogen and oxygen atoms in total. The van der Waals surface area contributed by atoms with Crippen LogP contribution in [0.15, 0.2) is 11.6 Å². The van der Waals surface area contributed by atoms with Crippen LogP contribution in [-0.4, -0.2) is 188 Å². The summed E-state index contributed by atoms with van der Waals surface area (Å²) in [6.07, 6.45) is -13.4. The standard InChI is InChI=1S/C49H80O18/c1-21(2)17-25-33(53)30(41(60-8)64-25)24-11-13-47(7)28-10-9-27-45(5,20-50)29(12-14-48(27)19-49(28,48)16-15-46(24,47)6)66-43-39(59)36(56)34(54)26(65-43)18-61-44-40(37(57)32(52)23(4)63-44)67-42-38(58)35(55)31(51)22(3)62-42/h17,22-44,50-59H,9-16,18-20H2,1-8H3/t22-,23+,24+,25+,26-,27-,28+,29+,30-,31+,32+,33-,34-,35-,36+,37+,38+,39-,40+,41-,42-,43+,44-,45+,46-,47-,48-,49+/m1/s1. The maximum atomic E-state index is 11.8. The van der Waals surface area contributed by atoms with Gasteiger partial charge in [-0.2, -0.15) is 0 Å². The predicted molar refractivity (Wildman–Crippen MR) is 234 cm³/mol. The van der Waals surface area contributed by atoms with Crippen LogP contribution in [0.2, 0.25) is 0 Å². The Morgan fingerprint density at radius 1 is 0.597 bits per heavy atom. The van der Waals surface area contributed by atoms with E-state index in [4.69, 9.17) is 37.9 Å². The molecule has 4 saturated heterocycles. The van der Waals surface area contributed by atoms with Gasteiger partial charge in [-0.05, 0) is 125 Å². The van der Waals surface area contributed by atoms with Crippen molar-refractivity contribution in [3.8, 4) is 0 Å². The predicted octanol–water partition coefficient (Wildman–Crippen LogP) is 0.601. The van der Waals surface area contributed by atoms with Crippen LogP contribution in [-0.2, 0) is 37.9 Å². The van der Waals surface area contributed by atoms with E-state index < -0.39 is 129 Å². The van der Waals surface area contributed by atoms with Crippen LogP contribution in [0.5, 0.6) is 0 Å². The van der Waals surface area contributed by atoms with E-state index in [1.54, 1.807) is 7.11 Å². The number of allylic oxidation sites excluding steroid dienone is 1. The smallest absolute Gasteiger partial charge is 0.187 e. The van der Waals surface area contributed by atoms with Gasteiger partial charge in [0.2, 0.25) is 0 Å². The number of hydrogen-bond donors (Lipinski definition) is 10. The van der Waals surface area contributed by atoms with Crippen molar-refractivity contribution >= 4 is 0 Å². The Morgan fingerprint density at radius 3 is 1.87 bits per heavy atom. The Balaban J connectivity index is 0.882. The summed E-state index contributed by atoms with van der Waals surface area (Å²) in [7, 11) is 1.68. The maximum Gasteiger partial charge on any atom is 0.187 e. The van der Waals surface area contributed by atoms with Crippen LogP contribution >= 0.6 is 0 Å². The molecule has 5 saturated carbocycles. The third kappa shape index (κ3) is 7.71. The van der Waals surface area contributed by atoms with Crippen molar-refractivity contribution in [2.75, 3.05) is 20.3 Å². The minimum Gasteiger partial charge on any atom is -0.396 e. The summed E-state index contributed by atoms with van der Waals surface area (Å²) in [6.45, 7) is 13.4. The third-order valence-electron chi connectivity index (χ3n) is 20.1. The van der Waals surface area contributed by atoms with Gasteiger partial charge < -0.3 is 89.0 Å². The molecule has 4 heterocycles. The molecule has 28 atom stereocenters. The molecule has 9 fully saturated rings. The average molecular weight is 957 g/mol. The van der Waals surface area contributed by atoms with E-state index in [0.717, 1.165) is 56.9 Å². The first-order chi connectivity index (χ1) is 31.5. The fourth-order valence-electron chi connectivity index (χ4n) is 16.2. The van der Waals surface area contributed by atoms with Crippen LogP contribution in [0, 0.1) is 50.7 Å². The minimum atomic E-state index is -1.73. The molecule has 67 heavy (non-hydrogen) atoms. The molecule has 0 aromatic heterocycles. The van der Waals surface area contributed by atoms with E-state index in [9.17, 15) is 51.1 Å². The molecule has 4 aliphatic heterocycles. The molecule has 18 heteroatoms. The first-order valence-corrected chi connectivity index (χ1v) is 25.0. The van der Waals surface area contributed by atoms with Crippen molar-refractivity contribution < 1.29 is 89.0 Å². The molecule has 9 rings (SSSR count). The Bertz CT molecular complexity index is 1800. The highest BCUT2D eigenvalue weighted by Gasteiger charge is 2.83. The van der Waals surface area contributed by atoms with Crippen LogP contribution in [0.25, 0.3) is 0 Å². The molecule has 0 aromatic rings. The van der Waals surface area contributed by atoms with Crippen molar-refractivity contribution in [2.45, 2.75) is 223 Å². The first kappa shape index (κ1) is 50.9. The van der Waals surface area contributed by atoms with Crippen LogP contribution < -0.4 is 0 Å².